The molecular weight excluding hydrogens is 214 g/mol. The van der Waals surface area contributed by atoms with Gasteiger partial charge in [0.1, 0.15) is 0 Å². The molecule has 17 heavy (non-hydrogen) atoms. The van der Waals surface area contributed by atoms with E-state index in [9.17, 15) is 4.79 Å². The second kappa shape index (κ2) is 5.45. The minimum Gasteiger partial charge on any atom is -0.312 e. The summed E-state index contributed by atoms with van der Waals surface area (Å²) in [6, 6.07) is 2.06. The van der Waals surface area contributed by atoms with Crippen molar-refractivity contribution < 1.29 is 0 Å². The molecule has 4 heteroatoms. The number of nitrogens with zero attached hydrogens (tertiary/aromatic N) is 2. The molecule has 1 atom stereocenters. The van der Waals surface area contributed by atoms with Gasteiger partial charge in [-0.1, -0.05) is 6.92 Å². The lowest BCUT2D eigenvalue weighted by Gasteiger charge is -2.18. The fraction of sp³-hybridized carbons (Fsp3) is 0.692. The highest BCUT2D eigenvalue weighted by Crippen LogP contribution is 2.33. The van der Waals surface area contributed by atoms with Gasteiger partial charge in [0.25, 0.3) is 5.56 Å². The first kappa shape index (κ1) is 12.3. The van der Waals surface area contributed by atoms with Crippen molar-refractivity contribution in [3.8, 4) is 0 Å². The maximum Gasteiger partial charge on any atom is 0.267 e. The summed E-state index contributed by atoms with van der Waals surface area (Å²) < 4.78 is 1.58. The monoisotopic (exact) mass is 235 g/mol. The standard InChI is InChI=1S/C13H21N3O/c1-3-6-14-12(11-4-5-11)9-16-13(17)7-10(2)8-15-16/h7-8,11-12,14H,3-6,9H2,1-2H3. The second-order valence-corrected chi connectivity index (χ2v) is 4.95. The number of nitrogens with one attached hydrogen (secondary N) is 1. The van der Waals surface area contributed by atoms with Crippen LogP contribution >= 0.6 is 0 Å². The Hall–Kier alpha value is -1.16. The molecule has 1 N–H and O–H groups in total. The Morgan fingerprint density at radius 2 is 2.35 bits per heavy atom. The van der Waals surface area contributed by atoms with Crippen molar-refractivity contribution in [3.05, 3.63) is 28.2 Å². The van der Waals surface area contributed by atoms with E-state index < -0.39 is 0 Å². The molecule has 1 aliphatic carbocycles. The molecule has 0 radical (unpaired) electrons. The van der Waals surface area contributed by atoms with E-state index in [1.54, 1.807) is 16.9 Å². The minimum atomic E-state index is 0.00829. The summed E-state index contributed by atoms with van der Waals surface area (Å²) in [4.78, 5) is 11.8. The first-order valence-electron chi connectivity index (χ1n) is 6.48. The Bertz CT molecular complexity index is 423. The highest BCUT2D eigenvalue weighted by Gasteiger charge is 2.31. The van der Waals surface area contributed by atoms with Crippen LogP contribution in [0.15, 0.2) is 17.1 Å². The maximum absolute atomic E-state index is 11.8. The molecule has 0 aromatic carbocycles. The third-order valence-corrected chi connectivity index (χ3v) is 3.22. The van der Waals surface area contributed by atoms with Gasteiger partial charge in [-0.2, -0.15) is 5.10 Å². The van der Waals surface area contributed by atoms with E-state index in [1.165, 1.54) is 12.8 Å². The van der Waals surface area contributed by atoms with E-state index in [1.807, 2.05) is 6.92 Å². The van der Waals surface area contributed by atoms with Gasteiger partial charge in [-0.05, 0) is 44.2 Å². The first-order valence-corrected chi connectivity index (χ1v) is 6.48. The quantitative estimate of drug-likeness (QED) is 0.809. The SMILES string of the molecule is CCCNC(Cn1ncc(C)cc1=O)C1CC1. The third-order valence-electron chi connectivity index (χ3n) is 3.22. The predicted molar refractivity (Wildman–Crippen MR) is 68.0 cm³/mol. The molecule has 1 saturated carbocycles. The lowest BCUT2D eigenvalue weighted by Crippen LogP contribution is -2.39. The number of aromatic nitrogens is 2. The normalized spacial score (nSPS) is 17.1. The van der Waals surface area contributed by atoms with Crippen LogP contribution in [0.2, 0.25) is 0 Å². The molecule has 0 amide bonds. The zero-order chi connectivity index (χ0) is 12.3. The maximum atomic E-state index is 11.8. The van der Waals surface area contributed by atoms with Crippen molar-refractivity contribution in [2.45, 2.75) is 45.7 Å². The average Bonchev–Trinajstić information content (AvgIpc) is 3.11. The summed E-state index contributed by atoms with van der Waals surface area (Å²) >= 11 is 0. The van der Waals surface area contributed by atoms with Gasteiger partial charge in [-0.15, -0.1) is 0 Å². The van der Waals surface area contributed by atoms with Gasteiger partial charge >= 0.3 is 0 Å². The van der Waals surface area contributed by atoms with Gasteiger partial charge in [0.05, 0.1) is 12.7 Å². The number of hydrogen-bond donors (Lipinski definition) is 1. The molecule has 2 rings (SSSR count). The molecule has 4 nitrogen and oxygen atoms in total. The summed E-state index contributed by atoms with van der Waals surface area (Å²) in [5.74, 6) is 0.733. The summed E-state index contributed by atoms with van der Waals surface area (Å²) in [5, 5.41) is 7.72. The fourth-order valence-electron chi connectivity index (χ4n) is 2.06. The molecule has 94 valence electrons. The zero-order valence-electron chi connectivity index (χ0n) is 10.6. The van der Waals surface area contributed by atoms with Gasteiger partial charge in [-0.25, -0.2) is 4.68 Å². The van der Waals surface area contributed by atoms with Crippen LogP contribution in [0.5, 0.6) is 0 Å². The van der Waals surface area contributed by atoms with Crippen LogP contribution in [-0.2, 0) is 6.54 Å². The average molecular weight is 235 g/mol. The van der Waals surface area contributed by atoms with E-state index in [0.717, 1.165) is 24.4 Å². The lowest BCUT2D eigenvalue weighted by molar-refractivity contribution is 0.380. The minimum absolute atomic E-state index is 0.00829. The summed E-state index contributed by atoms with van der Waals surface area (Å²) in [7, 11) is 0. The molecule has 1 fully saturated rings. The van der Waals surface area contributed by atoms with Gasteiger partial charge in [0.15, 0.2) is 0 Å². The molecule has 0 spiro atoms. The lowest BCUT2D eigenvalue weighted by atomic mass is 10.2. The van der Waals surface area contributed by atoms with E-state index in [4.69, 9.17) is 0 Å². The molecule has 1 heterocycles. The van der Waals surface area contributed by atoms with Crippen LogP contribution in [0.3, 0.4) is 0 Å². The van der Waals surface area contributed by atoms with Gasteiger partial charge in [-0.3, -0.25) is 4.79 Å². The number of aryl methyl sites for hydroxylation is 1. The topological polar surface area (TPSA) is 46.9 Å². The smallest absolute Gasteiger partial charge is 0.267 e. The first-order chi connectivity index (χ1) is 8.20. The molecule has 0 saturated heterocycles. The zero-order valence-corrected chi connectivity index (χ0v) is 10.6. The Labute approximate surface area is 102 Å². The van der Waals surface area contributed by atoms with Gasteiger partial charge in [0.2, 0.25) is 0 Å². The van der Waals surface area contributed by atoms with Gasteiger partial charge < -0.3 is 5.32 Å². The van der Waals surface area contributed by atoms with E-state index >= 15 is 0 Å². The molecular formula is C13H21N3O. The Morgan fingerprint density at radius 1 is 1.59 bits per heavy atom. The van der Waals surface area contributed by atoms with Crippen molar-refractivity contribution in [1.29, 1.82) is 0 Å². The largest absolute Gasteiger partial charge is 0.312 e. The summed E-state index contributed by atoms with van der Waals surface area (Å²) in [6.07, 6.45) is 5.44. The predicted octanol–water partition coefficient (Wildman–Crippen LogP) is 1.33. The summed E-state index contributed by atoms with van der Waals surface area (Å²) in [5.41, 5.74) is 0.935. The van der Waals surface area contributed by atoms with E-state index in [0.29, 0.717) is 12.6 Å². The van der Waals surface area contributed by atoms with Crippen LogP contribution in [0.1, 0.15) is 31.7 Å². The summed E-state index contributed by atoms with van der Waals surface area (Å²) in [6.45, 7) is 5.77. The van der Waals surface area contributed by atoms with Crippen LogP contribution < -0.4 is 10.9 Å². The van der Waals surface area contributed by atoms with Crippen molar-refractivity contribution in [1.82, 2.24) is 15.1 Å². The van der Waals surface area contributed by atoms with Crippen LogP contribution in [-0.4, -0.2) is 22.4 Å². The molecule has 1 aliphatic rings. The van der Waals surface area contributed by atoms with Crippen LogP contribution in [0.4, 0.5) is 0 Å². The van der Waals surface area contributed by atoms with Crippen LogP contribution in [0, 0.1) is 12.8 Å². The number of hydrogen-bond acceptors (Lipinski definition) is 3. The third kappa shape index (κ3) is 3.40. The molecule has 0 bridgehead atoms. The number of rotatable bonds is 6. The fourth-order valence-corrected chi connectivity index (χ4v) is 2.06. The second-order valence-electron chi connectivity index (χ2n) is 4.95. The molecule has 0 aliphatic heterocycles. The van der Waals surface area contributed by atoms with E-state index in [-0.39, 0.29) is 5.56 Å². The van der Waals surface area contributed by atoms with Crippen molar-refractivity contribution in [2.75, 3.05) is 6.54 Å². The van der Waals surface area contributed by atoms with Crippen molar-refractivity contribution in [3.63, 3.8) is 0 Å². The molecule has 1 aromatic rings. The highest BCUT2D eigenvalue weighted by molar-refractivity contribution is 5.02. The van der Waals surface area contributed by atoms with Crippen molar-refractivity contribution >= 4 is 0 Å². The Balaban J connectivity index is 2.03. The Morgan fingerprint density at radius 3 is 2.94 bits per heavy atom. The van der Waals surface area contributed by atoms with Crippen LogP contribution in [0.25, 0.3) is 0 Å². The Kier molecular flexibility index (Phi) is 3.94. The van der Waals surface area contributed by atoms with E-state index in [2.05, 4.69) is 17.3 Å². The van der Waals surface area contributed by atoms with Crippen molar-refractivity contribution in [2.24, 2.45) is 5.92 Å². The molecule has 1 unspecified atom stereocenters. The molecule has 1 aromatic heterocycles. The highest BCUT2D eigenvalue weighted by atomic mass is 16.1. The van der Waals surface area contributed by atoms with Gasteiger partial charge in [0, 0.05) is 12.1 Å².